The quantitative estimate of drug-likeness (QED) is 0.0781. The molecule has 1 rings (SSSR count). The molecule has 0 bridgehead atoms. The van der Waals surface area contributed by atoms with E-state index in [4.69, 9.17) is 17.2 Å². The molecule has 35 heavy (non-hydrogen) atoms. The number of hydrogen-bond acceptors (Lipinski definition) is 7. The summed E-state index contributed by atoms with van der Waals surface area (Å²) in [4.78, 5) is 66.4. The van der Waals surface area contributed by atoms with E-state index in [1.54, 1.807) is 0 Å². The summed E-state index contributed by atoms with van der Waals surface area (Å²) < 4.78 is 0. The number of guanidine groups is 1. The van der Waals surface area contributed by atoms with Crippen LogP contribution in [0.5, 0.6) is 0 Å². The van der Waals surface area contributed by atoms with Gasteiger partial charge in [0.2, 0.25) is 17.7 Å². The minimum atomic E-state index is -1.49. The van der Waals surface area contributed by atoms with E-state index in [0.717, 1.165) is 0 Å². The van der Waals surface area contributed by atoms with Gasteiger partial charge in [-0.3, -0.25) is 24.2 Å². The number of amides is 3. The number of carboxylic acid groups (broad SMARTS) is 2. The molecule has 10 N–H and O–H groups in total. The Bertz CT molecular complexity index is 814. The third-order valence-electron chi connectivity index (χ3n) is 5.45. The molecule has 1 aliphatic rings. The molecule has 0 aliphatic carbocycles. The lowest BCUT2D eigenvalue weighted by molar-refractivity contribution is -0.149. The number of carbonyl (C=O) groups excluding carboxylic acids is 3. The van der Waals surface area contributed by atoms with Crippen molar-refractivity contribution in [2.75, 3.05) is 13.1 Å². The average Bonchev–Trinajstić information content (AvgIpc) is 3.24. The number of nitrogens with zero attached hydrogens (tertiary/aromatic N) is 2. The summed E-state index contributed by atoms with van der Waals surface area (Å²) in [5.74, 6) is -4.77. The first-order valence-electron chi connectivity index (χ1n) is 11.5. The normalized spacial score (nSPS) is 17.8. The van der Waals surface area contributed by atoms with Crippen LogP contribution in [0.3, 0.4) is 0 Å². The largest absolute Gasteiger partial charge is 0.481 e. The Hall–Kier alpha value is -3.42. The monoisotopic (exact) mass is 499 g/mol. The summed E-state index contributed by atoms with van der Waals surface area (Å²) in [5.41, 5.74) is 16.4. The van der Waals surface area contributed by atoms with Gasteiger partial charge >= 0.3 is 11.9 Å². The van der Waals surface area contributed by atoms with Crippen LogP contribution in [0.4, 0.5) is 0 Å². The smallest absolute Gasteiger partial charge is 0.326 e. The summed E-state index contributed by atoms with van der Waals surface area (Å²) in [7, 11) is 0. The molecule has 198 valence electrons. The second-order valence-corrected chi connectivity index (χ2v) is 8.93. The maximum atomic E-state index is 13.2. The Kier molecular flexibility index (Phi) is 11.9. The Balaban J connectivity index is 3.04. The van der Waals surface area contributed by atoms with Gasteiger partial charge in [-0.25, -0.2) is 4.79 Å². The number of carbonyl (C=O) groups is 5. The van der Waals surface area contributed by atoms with Crippen LogP contribution in [-0.4, -0.2) is 88.0 Å². The van der Waals surface area contributed by atoms with Crippen molar-refractivity contribution in [1.29, 1.82) is 0 Å². The molecule has 4 atom stereocenters. The van der Waals surface area contributed by atoms with Gasteiger partial charge in [-0.2, -0.15) is 0 Å². The van der Waals surface area contributed by atoms with Crippen LogP contribution in [0.25, 0.3) is 0 Å². The van der Waals surface area contributed by atoms with E-state index in [2.05, 4.69) is 15.6 Å². The second kappa shape index (κ2) is 14.1. The number of carboxylic acids is 2. The third kappa shape index (κ3) is 10.2. The van der Waals surface area contributed by atoms with Crippen molar-refractivity contribution in [3.8, 4) is 0 Å². The van der Waals surface area contributed by atoms with Gasteiger partial charge in [0.15, 0.2) is 5.96 Å². The summed E-state index contributed by atoms with van der Waals surface area (Å²) >= 11 is 0. The summed E-state index contributed by atoms with van der Waals surface area (Å²) in [6.07, 6.45) is 0.692. The first-order chi connectivity index (χ1) is 16.3. The van der Waals surface area contributed by atoms with Gasteiger partial charge in [0, 0.05) is 13.1 Å². The molecule has 0 aromatic rings. The minimum absolute atomic E-state index is 0.0603. The number of nitrogens with two attached hydrogens (primary N) is 3. The lowest BCUT2D eigenvalue weighted by atomic mass is 10.0. The van der Waals surface area contributed by atoms with E-state index in [-0.39, 0.29) is 44.2 Å². The van der Waals surface area contributed by atoms with Gasteiger partial charge < -0.3 is 42.9 Å². The molecule has 0 aromatic carbocycles. The molecule has 14 nitrogen and oxygen atoms in total. The standard InChI is InChI=1S/C21H37N7O7/c1-11(2)9-12(22)17(31)27-14(10-16(29)30)18(32)26-13(5-3-7-25-21(23)24)19(33)28-8-4-6-15(28)20(34)35/h11-15H,3-10,22H2,1-2H3,(H,26,32)(H,27,31)(H,29,30)(H,34,35)(H4,23,24,25). The van der Waals surface area contributed by atoms with E-state index < -0.39 is 60.2 Å². The molecule has 1 fully saturated rings. The van der Waals surface area contributed by atoms with Crippen molar-refractivity contribution in [1.82, 2.24) is 15.5 Å². The Morgan fingerprint density at radius 3 is 2.23 bits per heavy atom. The van der Waals surface area contributed by atoms with Crippen LogP contribution in [0.15, 0.2) is 4.99 Å². The van der Waals surface area contributed by atoms with E-state index in [9.17, 15) is 34.2 Å². The highest BCUT2D eigenvalue weighted by Crippen LogP contribution is 2.20. The predicted octanol–water partition coefficient (Wildman–Crippen LogP) is -2.07. The number of nitrogens with one attached hydrogen (secondary N) is 2. The lowest BCUT2D eigenvalue weighted by Gasteiger charge is -2.28. The maximum absolute atomic E-state index is 13.2. The third-order valence-corrected chi connectivity index (χ3v) is 5.45. The molecule has 14 heteroatoms. The SMILES string of the molecule is CC(C)CC(N)C(=O)NC(CC(=O)O)C(=O)NC(CCCN=C(N)N)C(=O)N1CCCC1C(=O)O. The van der Waals surface area contributed by atoms with Gasteiger partial charge in [-0.05, 0) is 38.0 Å². The van der Waals surface area contributed by atoms with Gasteiger partial charge in [-0.15, -0.1) is 0 Å². The van der Waals surface area contributed by atoms with Crippen molar-refractivity contribution in [3.63, 3.8) is 0 Å². The van der Waals surface area contributed by atoms with E-state index in [0.29, 0.717) is 12.8 Å². The van der Waals surface area contributed by atoms with Crippen molar-refractivity contribution in [2.45, 2.75) is 76.5 Å². The molecule has 0 spiro atoms. The molecule has 0 saturated carbocycles. The molecule has 0 aromatic heterocycles. The first kappa shape index (κ1) is 29.6. The summed E-state index contributed by atoms with van der Waals surface area (Å²) in [5, 5.41) is 23.5. The molecule has 0 radical (unpaired) electrons. The summed E-state index contributed by atoms with van der Waals surface area (Å²) in [6, 6.07) is -4.63. The van der Waals surface area contributed by atoms with Crippen LogP contribution < -0.4 is 27.8 Å². The van der Waals surface area contributed by atoms with Crippen LogP contribution in [0.1, 0.15) is 52.4 Å². The Labute approximate surface area is 203 Å². The van der Waals surface area contributed by atoms with Crippen molar-refractivity contribution >= 4 is 35.6 Å². The Morgan fingerprint density at radius 2 is 1.69 bits per heavy atom. The zero-order valence-corrected chi connectivity index (χ0v) is 20.1. The van der Waals surface area contributed by atoms with Crippen LogP contribution in [0.2, 0.25) is 0 Å². The zero-order chi connectivity index (χ0) is 26.7. The number of aliphatic imine (C=N–C) groups is 1. The second-order valence-electron chi connectivity index (χ2n) is 8.93. The highest BCUT2D eigenvalue weighted by Gasteiger charge is 2.38. The zero-order valence-electron chi connectivity index (χ0n) is 20.1. The average molecular weight is 500 g/mol. The number of likely N-dealkylation sites (tertiary alicyclic amines) is 1. The fourth-order valence-electron chi connectivity index (χ4n) is 3.80. The molecule has 1 aliphatic heterocycles. The van der Waals surface area contributed by atoms with Gasteiger partial charge in [0.25, 0.3) is 0 Å². The highest BCUT2D eigenvalue weighted by atomic mass is 16.4. The maximum Gasteiger partial charge on any atom is 0.326 e. The van der Waals surface area contributed by atoms with Gasteiger partial charge in [-0.1, -0.05) is 13.8 Å². The first-order valence-corrected chi connectivity index (χ1v) is 11.5. The molecular weight excluding hydrogens is 462 g/mol. The minimum Gasteiger partial charge on any atom is -0.481 e. The van der Waals surface area contributed by atoms with E-state index in [1.165, 1.54) is 4.90 Å². The van der Waals surface area contributed by atoms with Gasteiger partial charge in [0.05, 0.1) is 12.5 Å². The molecule has 1 heterocycles. The molecule has 3 amide bonds. The van der Waals surface area contributed by atoms with Gasteiger partial charge in [0.1, 0.15) is 18.1 Å². The number of rotatable bonds is 14. The fourth-order valence-corrected chi connectivity index (χ4v) is 3.80. The van der Waals surface area contributed by atoms with E-state index >= 15 is 0 Å². The van der Waals surface area contributed by atoms with Crippen molar-refractivity contribution < 1.29 is 34.2 Å². The number of hydrogen-bond donors (Lipinski definition) is 7. The summed E-state index contributed by atoms with van der Waals surface area (Å²) in [6.45, 7) is 4.07. The fraction of sp³-hybridized carbons (Fsp3) is 0.714. The Morgan fingerprint density at radius 1 is 1.06 bits per heavy atom. The molecule has 1 saturated heterocycles. The highest BCUT2D eigenvalue weighted by molar-refractivity contribution is 5.95. The van der Waals surface area contributed by atoms with Crippen LogP contribution >= 0.6 is 0 Å². The van der Waals surface area contributed by atoms with E-state index in [1.807, 2.05) is 13.8 Å². The van der Waals surface area contributed by atoms with Crippen molar-refractivity contribution in [3.05, 3.63) is 0 Å². The molecular formula is C21H37N7O7. The van der Waals surface area contributed by atoms with Crippen LogP contribution in [-0.2, 0) is 24.0 Å². The predicted molar refractivity (Wildman–Crippen MR) is 126 cm³/mol. The van der Waals surface area contributed by atoms with Crippen molar-refractivity contribution in [2.24, 2.45) is 28.1 Å². The lowest BCUT2D eigenvalue weighted by Crippen LogP contribution is -2.57. The number of aliphatic carboxylic acids is 2. The molecule has 4 unspecified atom stereocenters. The topological polar surface area (TPSA) is 244 Å². The van der Waals surface area contributed by atoms with Crippen LogP contribution in [0, 0.1) is 5.92 Å².